The Bertz CT molecular complexity index is 511. The van der Waals surface area contributed by atoms with Crippen molar-refractivity contribution >= 4 is 23.2 Å². The molecule has 3 atom stereocenters. The van der Waals surface area contributed by atoms with Gasteiger partial charge in [0.15, 0.2) is 6.10 Å². The van der Waals surface area contributed by atoms with Crippen molar-refractivity contribution in [2.24, 2.45) is 5.92 Å². The summed E-state index contributed by atoms with van der Waals surface area (Å²) in [5.74, 6) is -0.122. The molecule has 1 N–H and O–H groups in total. The molecular weight excluding hydrogens is 286 g/mol. The lowest BCUT2D eigenvalue weighted by Crippen LogP contribution is -2.45. The Morgan fingerprint density at radius 3 is 2.71 bits per heavy atom. The maximum atomic E-state index is 12.2. The van der Waals surface area contributed by atoms with Gasteiger partial charge >= 0.3 is 5.97 Å². The van der Waals surface area contributed by atoms with E-state index in [1.54, 1.807) is 6.92 Å². The molecule has 0 radical (unpaired) electrons. The Balaban J connectivity index is 1.87. The molecule has 1 amide bonds. The van der Waals surface area contributed by atoms with Crippen molar-refractivity contribution in [1.29, 1.82) is 0 Å². The fraction of sp³-hybridized carbons (Fsp3) is 0.625. The van der Waals surface area contributed by atoms with Crippen LogP contribution < -0.4 is 5.32 Å². The van der Waals surface area contributed by atoms with Crippen molar-refractivity contribution in [1.82, 2.24) is 5.32 Å². The number of hydrogen-bond donors (Lipinski definition) is 1. The number of nitrogens with one attached hydrogen (secondary N) is 1. The first-order chi connectivity index (χ1) is 9.99. The van der Waals surface area contributed by atoms with Gasteiger partial charge in [-0.3, -0.25) is 4.79 Å². The highest BCUT2D eigenvalue weighted by Gasteiger charge is 2.26. The molecule has 0 spiro atoms. The minimum Gasteiger partial charge on any atom is -0.448 e. The maximum absolute atomic E-state index is 12.2. The van der Waals surface area contributed by atoms with Gasteiger partial charge in [0.05, 0.1) is 0 Å². The lowest BCUT2D eigenvalue weighted by atomic mass is 9.86. The van der Waals surface area contributed by atoms with Crippen LogP contribution in [0, 0.1) is 12.8 Å². The van der Waals surface area contributed by atoms with Crippen molar-refractivity contribution in [3.8, 4) is 0 Å². The molecule has 1 aromatic rings. The second kappa shape index (κ2) is 7.07. The Morgan fingerprint density at radius 2 is 2.10 bits per heavy atom. The summed E-state index contributed by atoms with van der Waals surface area (Å²) in [5.41, 5.74) is 0.888. The van der Waals surface area contributed by atoms with Crippen LogP contribution in [0.1, 0.15) is 54.8 Å². The SMILES string of the molecule is Cc1ccsc1C(=O)O[C@@H](C)C(=O)N[C@@H]1CCCC[C@@H]1C. The van der Waals surface area contributed by atoms with Gasteiger partial charge in [0.25, 0.3) is 5.91 Å². The molecule has 1 aliphatic carbocycles. The second-order valence-corrected chi connectivity index (χ2v) is 6.77. The summed E-state index contributed by atoms with van der Waals surface area (Å²) in [5, 5.41) is 4.87. The van der Waals surface area contributed by atoms with Crippen molar-refractivity contribution in [3.05, 3.63) is 21.9 Å². The molecule has 1 aromatic heterocycles. The smallest absolute Gasteiger partial charge is 0.349 e. The van der Waals surface area contributed by atoms with Crippen LogP contribution in [0.3, 0.4) is 0 Å². The van der Waals surface area contributed by atoms with E-state index in [0.29, 0.717) is 10.8 Å². The number of rotatable bonds is 4. The van der Waals surface area contributed by atoms with E-state index in [1.807, 2.05) is 18.4 Å². The number of amides is 1. The first-order valence-electron chi connectivity index (χ1n) is 7.54. The van der Waals surface area contributed by atoms with E-state index in [4.69, 9.17) is 4.74 Å². The number of hydrogen-bond acceptors (Lipinski definition) is 4. The van der Waals surface area contributed by atoms with Crippen LogP contribution in [0.15, 0.2) is 11.4 Å². The second-order valence-electron chi connectivity index (χ2n) is 5.86. The quantitative estimate of drug-likeness (QED) is 0.868. The summed E-state index contributed by atoms with van der Waals surface area (Å²) in [6.07, 6.45) is 3.78. The fourth-order valence-corrected chi connectivity index (χ4v) is 3.49. The monoisotopic (exact) mass is 309 g/mol. The molecule has 21 heavy (non-hydrogen) atoms. The van der Waals surface area contributed by atoms with Crippen molar-refractivity contribution in [3.63, 3.8) is 0 Å². The molecular formula is C16H23NO3S. The van der Waals surface area contributed by atoms with Crippen LogP contribution in [-0.2, 0) is 9.53 Å². The van der Waals surface area contributed by atoms with Gasteiger partial charge < -0.3 is 10.1 Å². The number of esters is 1. The number of aryl methyl sites for hydroxylation is 1. The fourth-order valence-electron chi connectivity index (χ4n) is 2.68. The molecule has 5 heteroatoms. The van der Waals surface area contributed by atoms with Crippen LogP contribution in [0.2, 0.25) is 0 Å². The first-order valence-corrected chi connectivity index (χ1v) is 8.42. The van der Waals surface area contributed by atoms with Crippen LogP contribution in [0.25, 0.3) is 0 Å². The summed E-state index contributed by atoms with van der Waals surface area (Å²) in [6.45, 7) is 5.65. The van der Waals surface area contributed by atoms with Crippen molar-refractivity contribution in [2.75, 3.05) is 0 Å². The third-order valence-electron chi connectivity index (χ3n) is 4.14. The van der Waals surface area contributed by atoms with E-state index in [9.17, 15) is 9.59 Å². The van der Waals surface area contributed by atoms with E-state index in [1.165, 1.54) is 17.8 Å². The Kier molecular flexibility index (Phi) is 5.39. The predicted octanol–water partition coefficient (Wildman–Crippen LogP) is 3.30. The van der Waals surface area contributed by atoms with E-state index < -0.39 is 12.1 Å². The molecule has 1 saturated carbocycles. The lowest BCUT2D eigenvalue weighted by molar-refractivity contribution is -0.130. The van der Waals surface area contributed by atoms with E-state index in [0.717, 1.165) is 24.8 Å². The largest absolute Gasteiger partial charge is 0.448 e. The molecule has 0 aromatic carbocycles. The van der Waals surface area contributed by atoms with Gasteiger partial charge in [-0.1, -0.05) is 19.8 Å². The third kappa shape index (κ3) is 4.06. The van der Waals surface area contributed by atoms with Crippen LogP contribution in [-0.4, -0.2) is 24.0 Å². The van der Waals surface area contributed by atoms with Crippen molar-refractivity contribution < 1.29 is 14.3 Å². The van der Waals surface area contributed by atoms with Gasteiger partial charge in [0, 0.05) is 6.04 Å². The molecule has 1 fully saturated rings. The normalized spacial score (nSPS) is 23.4. The third-order valence-corrected chi connectivity index (χ3v) is 5.14. The van der Waals surface area contributed by atoms with Gasteiger partial charge in [-0.05, 0) is 49.6 Å². The zero-order chi connectivity index (χ0) is 15.4. The van der Waals surface area contributed by atoms with Gasteiger partial charge in [0.1, 0.15) is 4.88 Å². The van der Waals surface area contributed by atoms with Gasteiger partial charge in [0.2, 0.25) is 0 Å². The average molecular weight is 309 g/mol. The highest BCUT2D eigenvalue weighted by Crippen LogP contribution is 2.24. The summed E-state index contributed by atoms with van der Waals surface area (Å²) in [6, 6.07) is 2.08. The highest BCUT2D eigenvalue weighted by atomic mass is 32.1. The molecule has 0 unspecified atom stereocenters. The number of carbonyl (C=O) groups excluding carboxylic acids is 2. The van der Waals surface area contributed by atoms with Gasteiger partial charge in [-0.2, -0.15) is 0 Å². The standard InChI is InChI=1S/C16H23NO3S/c1-10-6-4-5-7-13(10)17-15(18)12(3)20-16(19)14-11(2)8-9-21-14/h8-10,12-13H,4-7H2,1-3H3,(H,17,18)/t10-,12-,13+/m0/s1. The van der Waals surface area contributed by atoms with Gasteiger partial charge in [-0.25, -0.2) is 4.79 Å². The highest BCUT2D eigenvalue weighted by molar-refractivity contribution is 7.12. The molecule has 0 bridgehead atoms. The minimum atomic E-state index is -0.756. The Morgan fingerprint density at radius 1 is 1.38 bits per heavy atom. The molecule has 4 nitrogen and oxygen atoms in total. The van der Waals surface area contributed by atoms with E-state index in [2.05, 4.69) is 12.2 Å². The number of carbonyl (C=O) groups is 2. The van der Waals surface area contributed by atoms with Crippen molar-refractivity contribution in [2.45, 2.75) is 58.6 Å². The maximum Gasteiger partial charge on any atom is 0.349 e. The van der Waals surface area contributed by atoms with Crippen LogP contribution in [0.5, 0.6) is 0 Å². The summed E-state index contributed by atoms with van der Waals surface area (Å²) in [7, 11) is 0. The molecule has 2 rings (SSSR count). The summed E-state index contributed by atoms with van der Waals surface area (Å²) in [4.78, 5) is 24.7. The van der Waals surface area contributed by atoms with Crippen LogP contribution >= 0.6 is 11.3 Å². The summed E-state index contributed by atoms with van der Waals surface area (Å²) >= 11 is 1.34. The molecule has 1 heterocycles. The van der Waals surface area contributed by atoms with E-state index >= 15 is 0 Å². The Hall–Kier alpha value is -1.36. The number of ether oxygens (including phenoxy) is 1. The van der Waals surface area contributed by atoms with Gasteiger partial charge in [-0.15, -0.1) is 11.3 Å². The summed E-state index contributed by atoms with van der Waals surface area (Å²) < 4.78 is 5.27. The number of thiophene rings is 1. The zero-order valence-electron chi connectivity index (χ0n) is 12.8. The van der Waals surface area contributed by atoms with Crippen LogP contribution in [0.4, 0.5) is 0 Å². The molecule has 0 saturated heterocycles. The lowest BCUT2D eigenvalue weighted by Gasteiger charge is -2.30. The first kappa shape index (κ1) is 16.0. The Labute approximate surface area is 129 Å². The zero-order valence-corrected chi connectivity index (χ0v) is 13.7. The molecule has 116 valence electrons. The van der Waals surface area contributed by atoms with E-state index in [-0.39, 0.29) is 11.9 Å². The predicted molar refractivity (Wildman–Crippen MR) is 83.5 cm³/mol. The molecule has 0 aliphatic heterocycles. The average Bonchev–Trinajstić information content (AvgIpc) is 2.87. The minimum absolute atomic E-state index is 0.198. The topological polar surface area (TPSA) is 55.4 Å². The molecule has 1 aliphatic rings.